The quantitative estimate of drug-likeness (QED) is 0.888. The summed E-state index contributed by atoms with van der Waals surface area (Å²) in [7, 11) is 0. The van der Waals surface area contributed by atoms with Gasteiger partial charge in [-0.2, -0.15) is 0 Å². The SMILES string of the molecule is CC1(O)CCCN(CC(=O)Nc2cc(C(C)(C)C)no2)C1. The number of likely N-dealkylation sites (tertiary alicyclic amines) is 1. The Bertz CT molecular complexity index is 503. The fraction of sp³-hybridized carbons (Fsp3) is 0.733. The van der Waals surface area contributed by atoms with E-state index in [0.717, 1.165) is 25.1 Å². The molecule has 21 heavy (non-hydrogen) atoms. The van der Waals surface area contributed by atoms with Crippen LogP contribution in [0.15, 0.2) is 10.6 Å². The van der Waals surface area contributed by atoms with Crippen molar-refractivity contribution < 1.29 is 14.4 Å². The second kappa shape index (κ2) is 5.77. The molecule has 0 aliphatic carbocycles. The van der Waals surface area contributed by atoms with E-state index < -0.39 is 5.60 Å². The van der Waals surface area contributed by atoms with Gasteiger partial charge < -0.3 is 9.63 Å². The van der Waals surface area contributed by atoms with Gasteiger partial charge in [0.05, 0.1) is 17.8 Å². The highest BCUT2D eigenvalue weighted by Crippen LogP contribution is 2.24. The van der Waals surface area contributed by atoms with Crippen LogP contribution in [0, 0.1) is 0 Å². The Labute approximate surface area is 125 Å². The van der Waals surface area contributed by atoms with Crippen LogP contribution in [0.1, 0.15) is 46.2 Å². The fourth-order valence-corrected chi connectivity index (χ4v) is 2.53. The summed E-state index contributed by atoms with van der Waals surface area (Å²) in [6.45, 7) is 9.51. The lowest BCUT2D eigenvalue weighted by molar-refractivity contribution is -0.118. The molecule has 1 aliphatic heterocycles. The Morgan fingerprint density at radius 1 is 1.57 bits per heavy atom. The van der Waals surface area contributed by atoms with Crippen LogP contribution in [0.4, 0.5) is 5.88 Å². The van der Waals surface area contributed by atoms with Crippen LogP contribution in [-0.4, -0.2) is 46.3 Å². The Morgan fingerprint density at radius 3 is 2.86 bits per heavy atom. The molecular formula is C15H25N3O3. The van der Waals surface area contributed by atoms with Crippen molar-refractivity contribution in [2.24, 2.45) is 0 Å². The van der Waals surface area contributed by atoms with Crippen LogP contribution in [0.25, 0.3) is 0 Å². The number of amides is 1. The summed E-state index contributed by atoms with van der Waals surface area (Å²) < 4.78 is 5.14. The number of hydrogen-bond donors (Lipinski definition) is 2. The number of nitrogens with zero attached hydrogens (tertiary/aromatic N) is 2. The van der Waals surface area contributed by atoms with E-state index in [9.17, 15) is 9.90 Å². The Kier molecular flexibility index (Phi) is 4.39. The molecule has 2 N–H and O–H groups in total. The topological polar surface area (TPSA) is 78.6 Å². The minimum atomic E-state index is -0.704. The molecule has 0 radical (unpaired) electrons. The zero-order valence-electron chi connectivity index (χ0n) is 13.3. The minimum Gasteiger partial charge on any atom is -0.389 e. The molecule has 1 aromatic heterocycles. The standard InChI is InChI=1S/C15H25N3O3/c1-14(2,3)11-8-13(21-17-11)16-12(19)9-18-7-5-6-15(4,20)10-18/h8,20H,5-7,9-10H2,1-4H3,(H,16,19). The highest BCUT2D eigenvalue weighted by Gasteiger charge is 2.29. The van der Waals surface area contributed by atoms with E-state index in [-0.39, 0.29) is 17.9 Å². The van der Waals surface area contributed by atoms with E-state index >= 15 is 0 Å². The third kappa shape index (κ3) is 4.54. The number of β-amino-alcohol motifs (C(OH)–C–C–N with tert-alkyl or cyclic N) is 1. The zero-order chi connectivity index (χ0) is 15.7. The van der Waals surface area contributed by atoms with Crippen molar-refractivity contribution in [3.8, 4) is 0 Å². The summed E-state index contributed by atoms with van der Waals surface area (Å²) in [4.78, 5) is 14.0. The number of piperidine rings is 1. The van der Waals surface area contributed by atoms with E-state index in [1.165, 1.54) is 0 Å². The molecule has 118 valence electrons. The maximum Gasteiger partial charge on any atom is 0.240 e. The predicted molar refractivity (Wildman–Crippen MR) is 80.1 cm³/mol. The molecule has 0 bridgehead atoms. The van der Waals surface area contributed by atoms with Crippen molar-refractivity contribution in [1.29, 1.82) is 0 Å². The average molecular weight is 295 g/mol. The average Bonchev–Trinajstić information content (AvgIpc) is 2.75. The number of hydrogen-bond acceptors (Lipinski definition) is 5. The Hall–Kier alpha value is -1.40. The van der Waals surface area contributed by atoms with Crippen LogP contribution in [0.3, 0.4) is 0 Å². The van der Waals surface area contributed by atoms with Crippen molar-refractivity contribution in [1.82, 2.24) is 10.1 Å². The molecule has 0 spiro atoms. The largest absolute Gasteiger partial charge is 0.389 e. The summed E-state index contributed by atoms with van der Waals surface area (Å²) in [5.41, 5.74) is -0.0129. The van der Waals surface area contributed by atoms with Crippen LogP contribution >= 0.6 is 0 Å². The molecule has 1 amide bonds. The summed E-state index contributed by atoms with van der Waals surface area (Å²) >= 11 is 0. The molecule has 1 saturated heterocycles. The lowest BCUT2D eigenvalue weighted by atomic mass is 9.92. The fourth-order valence-electron chi connectivity index (χ4n) is 2.53. The first kappa shape index (κ1) is 16.0. The van der Waals surface area contributed by atoms with Gasteiger partial charge in [-0.15, -0.1) is 0 Å². The van der Waals surface area contributed by atoms with Crippen molar-refractivity contribution in [2.75, 3.05) is 25.0 Å². The second-order valence-corrected chi connectivity index (χ2v) is 7.19. The molecule has 2 rings (SSSR count). The van der Waals surface area contributed by atoms with E-state index in [2.05, 4.69) is 10.5 Å². The minimum absolute atomic E-state index is 0.113. The van der Waals surface area contributed by atoms with Gasteiger partial charge in [-0.05, 0) is 26.3 Å². The van der Waals surface area contributed by atoms with Crippen molar-refractivity contribution >= 4 is 11.8 Å². The van der Waals surface area contributed by atoms with Gasteiger partial charge in [-0.1, -0.05) is 25.9 Å². The summed E-state index contributed by atoms with van der Waals surface area (Å²) in [6.07, 6.45) is 1.68. The highest BCUT2D eigenvalue weighted by atomic mass is 16.5. The maximum absolute atomic E-state index is 12.0. The van der Waals surface area contributed by atoms with E-state index in [4.69, 9.17) is 4.52 Å². The summed E-state index contributed by atoms with van der Waals surface area (Å²) in [5, 5.41) is 16.7. The maximum atomic E-state index is 12.0. The molecule has 0 aromatic carbocycles. The molecule has 1 aromatic rings. The van der Waals surface area contributed by atoms with Gasteiger partial charge in [0.1, 0.15) is 0 Å². The van der Waals surface area contributed by atoms with Crippen LogP contribution in [0.5, 0.6) is 0 Å². The molecule has 1 aliphatic rings. The molecular weight excluding hydrogens is 270 g/mol. The Morgan fingerprint density at radius 2 is 2.29 bits per heavy atom. The highest BCUT2D eigenvalue weighted by molar-refractivity contribution is 5.91. The van der Waals surface area contributed by atoms with E-state index in [0.29, 0.717) is 12.4 Å². The third-order valence-corrected chi connectivity index (χ3v) is 3.66. The normalized spacial score (nSPS) is 24.0. The molecule has 1 fully saturated rings. The number of carbonyl (C=O) groups is 1. The molecule has 2 heterocycles. The Balaban J connectivity index is 1.89. The monoisotopic (exact) mass is 295 g/mol. The predicted octanol–water partition coefficient (Wildman–Crippen LogP) is 1.76. The number of nitrogens with one attached hydrogen (secondary N) is 1. The molecule has 6 heteroatoms. The van der Waals surface area contributed by atoms with E-state index in [1.54, 1.807) is 6.07 Å². The molecule has 1 unspecified atom stereocenters. The van der Waals surface area contributed by atoms with Gasteiger partial charge >= 0.3 is 0 Å². The first-order valence-electron chi connectivity index (χ1n) is 7.37. The molecule has 6 nitrogen and oxygen atoms in total. The first-order chi connectivity index (χ1) is 9.66. The third-order valence-electron chi connectivity index (χ3n) is 3.66. The van der Waals surface area contributed by atoms with Crippen LogP contribution < -0.4 is 5.32 Å². The van der Waals surface area contributed by atoms with Gasteiger partial charge in [-0.3, -0.25) is 15.0 Å². The van der Waals surface area contributed by atoms with Gasteiger partial charge in [-0.25, -0.2) is 0 Å². The first-order valence-corrected chi connectivity index (χ1v) is 7.37. The van der Waals surface area contributed by atoms with Gasteiger partial charge in [0, 0.05) is 18.0 Å². The number of rotatable bonds is 3. The molecule has 1 atom stereocenters. The number of aromatic nitrogens is 1. The lowest BCUT2D eigenvalue weighted by Gasteiger charge is -2.36. The summed E-state index contributed by atoms with van der Waals surface area (Å²) in [5.74, 6) is 0.220. The summed E-state index contributed by atoms with van der Waals surface area (Å²) in [6, 6.07) is 1.75. The number of carbonyl (C=O) groups excluding carboxylic acids is 1. The number of aliphatic hydroxyl groups is 1. The van der Waals surface area contributed by atoms with Gasteiger partial charge in [0.2, 0.25) is 11.8 Å². The van der Waals surface area contributed by atoms with Crippen molar-refractivity contribution in [3.63, 3.8) is 0 Å². The second-order valence-electron chi connectivity index (χ2n) is 7.19. The van der Waals surface area contributed by atoms with Crippen molar-refractivity contribution in [3.05, 3.63) is 11.8 Å². The van der Waals surface area contributed by atoms with E-state index in [1.807, 2.05) is 32.6 Å². The smallest absolute Gasteiger partial charge is 0.240 e. The van der Waals surface area contributed by atoms with Crippen LogP contribution in [0.2, 0.25) is 0 Å². The van der Waals surface area contributed by atoms with Gasteiger partial charge in [0.25, 0.3) is 0 Å². The van der Waals surface area contributed by atoms with Gasteiger partial charge in [0.15, 0.2) is 0 Å². The number of anilines is 1. The van der Waals surface area contributed by atoms with Crippen LogP contribution in [-0.2, 0) is 10.2 Å². The molecule has 0 saturated carbocycles. The zero-order valence-corrected chi connectivity index (χ0v) is 13.3. The lowest BCUT2D eigenvalue weighted by Crippen LogP contribution is -2.48. The van der Waals surface area contributed by atoms with Crippen molar-refractivity contribution in [2.45, 2.75) is 51.6 Å².